The Morgan fingerprint density at radius 2 is 2.03 bits per heavy atom. The summed E-state index contributed by atoms with van der Waals surface area (Å²) in [7, 11) is 0. The lowest BCUT2D eigenvalue weighted by atomic mass is 10.1. The zero-order valence-electron chi connectivity index (χ0n) is 16.9. The van der Waals surface area contributed by atoms with Crippen LogP contribution in [0.4, 0.5) is 16.0 Å². The average Bonchev–Trinajstić information content (AvgIpc) is 3.37. The third-order valence-electron chi connectivity index (χ3n) is 5.39. The Balaban J connectivity index is 1.52. The number of nitrogens with zero attached hydrogens (tertiary/aromatic N) is 3. The number of hydrogen-bond donors (Lipinski definition) is 3. The highest BCUT2D eigenvalue weighted by atomic mass is 19.1. The van der Waals surface area contributed by atoms with Gasteiger partial charge in [0, 0.05) is 29.3 Å². The van der Waals surface area contributed by atoms with Crippen LogP contribution in [0, 0.1) is 5.82 Å². The molecular weight excluding hydrogens is 399 g/mol. The van der Waals surface area contributed by atoms with Crippen LogP contribution in [0.1, 0.15) is 43.4 Å². The topological polar surface area (TPSA) is 100 Å². The van der Waals surface area contributed by atoms with E-state index in [2.05, 4.69) is 21.0 Å². The summed E-state index contributed by atoms with van der Waals surface area (Å²) in [6.07, 6.45) is 5.53. The van der Waals surface area contributed by atoms with Crippen molar-refractivity contribution in [3.8, 4) is 0 Å². The van der Waals surface area contributed by atoms with Crippen molar-refractivity contribution in [3.63, 3.8) is 0 Å². The Labute approximate surface area is 177 Å². The van der Waals surface area contributed by atoms with Gasteiger partial charge in [-0.1, -0.05) is 12.1 Å². The largest absolute Gasteiger partial charge is 0.367 e. The van der Waals surface area contributed by atoms with Gasteiger partial charge < -0.3 is 10.6 Å². The van der Waals surface area contributed by atoms with Crippen LogP contribution in [0.3, 0.4) is 0 Å². The zero-order valence-corrected chi connectivity index (χ0v) is 16.9. The molecule has 1 aromatic carbocycles. The SMILES string of the molecule is CC(Nc1cc(NC2CC2)n2ncc(C=C3CC(=O)NC3=O)c2n1)c1ccc(F)cc1. The van der Waals surface area contributed by atoms with E-state index in [1.807, 2.05) is 13.0 Å². The highest BCUT2D eigenvalue weighted by molar-refractivity contribution is 6.15. The van der Waals surface area contributed by atoms with E-state index in [9.17, 15) is 14.0 Å². The molecule has 1 atom stereocenters. The summed E-state index contributed by atoms with van der Waals surface area (Å²) in [5.74, 6) is 0.433. The van der Waals surface area contributed by atoms with Crippen molar-refractivity contribution in [2.24, 2.45) is 0 Å². The number of hydrogen-bond acceptors (Lipinski definition) is 6. The van der Waals surface area contributed by atoms with Gasteiger partial charge in [0.2, 0.25) is 5.91 Å². The number of fused-ring (bicyclic) bond motifs is 1. The van der Waals surface area contributed by atoms with E-state index in [-0.39, 0.29) is 30.1 Å². The van der Waals surface area contributed by atoms with Crippen LogP contribution < -0.4 is 16.0 Å². The van der Waals surface area contributed by atoms with E-state index < -0.39 is 0 Å². The summed E-state index contributed by atoms with van der Waals surface area (Å²) in [5.41, 5.74) is 2.53. The standard InChI is InChI=1S/C22H21FN6O2/c1-12(13-2-4-16(23)5-3-13)25-18-10-19(26-17-6-7-17)29-21(27-18)15(11-24-29)8-14-9-20(30)28-22(14)31/h2-5,8,10-12,17,26H,6-7,9H2,1H3,(H,25,27)(H,28,30,31). The van der Waals surface area contributed by atoms with E-state index in [1.165, 1.54) is 12.1 Å². The van der Waals surface area contributed by atoms with Crippen molar-refractivity contribution in [1.29, 1.82) is 0 Å². The Morgan fingerprint density at radius 1 is 1.26 bits per heavy atom. The van der Waals surface area contributed by atoms with Gasteiger partial charge in [-0.15, -0.1) is 0 Å². The molecule has 3 aromatic rings. The fourth-order valence-electron chi connectivity index (χ4n) is 3.56. The summed E-state index contributed by atoms with van der Waals surface area (Å²) in [6.45, 7) is 1.97. The quantitative estimate of drug-likeness (QED) is 0.419. The molecule has 0 radical (unpaired) electrons. The molecule has 5 rings (SSSR count). The number of nitrogens with one attached hydrogen (secondary N) is 3. The minimum Gasteiger partial charge on any atom is -0.367 e. The number of imide groups is 1. The Hall–Kier alpha value is -3.75. The molecule has 158 valence electrons. The smallest absolute Gasteiger partial charge is 0.254 e. The van der Waals surface area contributed by atoms with E-state index in [4.69, 9.17) is 4.98 Å². The number of benzene rings is 1. The second-order valence-electron chi connectivity index (χ2n) is 7.92. The number of anilines is 2. The maximum Gasteiger partial charge on any atom is 0.254 e. The molecule has 1 saturated heterocycles. The zero-order chi connectivity index (χ0) is 21.5. The van der Waals surface area contributed by atoms with Gasteiger partial charge in [0.15, 0.2) is 5.65 Å². The summed E-state index contributed by atoms with van der Waals surface area (Å²) in [4.78, 5) is 28.2. The van der Waals surface area contributed by atoms with Crippen molar-refractivity contribution in [2.45, 2.75) is 38.3 Å². The maximum atomic E-state index is 13.3. The van der Waals surface area contributed by atoms with Crippen molar-refractivity contribution in [2.75, 3.05) is 10.6 Å². The molecule has 3 heterocycles. The number of aromatic nitrogens is 3. The monoisotopic (exact) mass is 420 g/mol. The second-order valence-corrected chi connectivity index (χ2v) is 7.92. The number of halogens is 1. The fourth-order valence-corrected chi connectivity index (χ4v) is 3.56. The van der Waals surface area contributed by atoms with Crippen LogP contribution in [0.2, 0.25) is 0 Å². The van der Waals surface area contributed by atoms with Crippen molar-refractivity contribution in [3.05, 3.63) is 59.0 Å². The van der Waals surface area contributed by atoms with Crippen molar-refractivity contribution >= 4 is 35.2 Å². The molecule has 1 unspecified atom stereocenters. The molecule has 31 heavy (non-hydrogen) atoms. The first kappa shape index (κ1) is 19.2. The molecule has 8 nitrogen and oxygen atoms in total. The highest BCUT2D eigenvalue weighted by Crippen LogP contribution is 2.29. The molecule has 9 heteroatoms. The van der Waals surface area contributed by atoms with Gasteiger partial charge in [-0.05, 0) is 43.5 Å². The first-order valence-electron chi connectivity index (χ1n) is 10.2. The van der Waals surface area contributed by atoms with Gasteiger partial charge in [-0.2, -0.15) is 9.61 Å². The summed E-state index contributed by atoms with van der Waals surface area (Å²) in [6, 6.07) is 8.52. The van der Waals surface area contributed by atoms with Gasteiger partial charge in [0.05, 0.1) is 12.6 Å². The van der Waals surface area contributed by atoms with E-state index in [1.54, 1.807) is 28.9 Å². The van der Waals surface area contributed by atoms with Crippen LogP contribution in [-0.2, 0) is 9.59 Å². The van der Waals surface area contributed by atoms with Gasteiger partial charge in [-0.3, -0.25) is 14.9 Å². The second kappa shape index (κ2) is 7.50. The molecule has 1 aliphatic heterocycles. The lowest BCUT2D eigenvalue weighted by molar-refractivity contribution is -0.124. The Morgan fingerprint density at radius 3 is 2.71 bits per heavy atom. The Bertz CT molecular complexity index is 1210. The number of carbonyl (C=O) groups is 2. The lowest BCUT2D eigenvalue weighted by Crippen LogP contribution is -2.19. The number of carbonyl (C=O) groups excluding carboxylic acids is 2. The predicted molar refractivity (Wildman–Crippen MR) is 114 cm³/mol. The van der Waals surface area contributed by atoms with Crippen LogP contribution in [0.5, 0.6) is 0 Å². The molecule has 0 bridgehead atoms. The average molecular weight is 420 g/mol. The molecule has 2 amide bonds. The molecular formula is C22H21FN6O2. The van der Waals surface area contributed by atoms with E-state index in [0.717, 1.165) is 24.2 Å². The molecule has 1 saturated carbocycles. The maximum absolute atomic E-state index is 13.3. The fraction of sp³-hybridized carbons (Fsp3) is 0.273. The molecule has 2 aliphatic rings. The van der Waals surface area contributed by atoms with Crippen LogP contribution in [0.25, 0.3) is 11.7 Å². The third kappa shape index (κ3) is 3.98. The van der Waals surface area contributed by atoms with Gasteiger partial charge in [0.25, 0.3) is 5.91 Å². The van der Waals surface area contributed by atoms with E-state index >= 15 is 0 Å². The predicted octanol–water partition coefficient (Wildman–Crippen LogP) is 3.05. The normalized spacial score (nSPS) is 18.5. The van der Waals surface area contributed by atoms with Crippen LogP contribution in [-0.4, -0.2) is 32.5 Å². The van der Waals surface area contributed by atoms with Gasteiger partial charge >= 0.3 is 0 Å². The first-order chi connectivity index (χ1) is 15.0. The van der Waals surface area contributed by atoms with Gasteiger partial charge in [-0.25, -0.2) is 9.37 Å². The Kier molecular flexibility index (Phi) is 4.65. The van der Waals surface area contributed by atoms with Crippen LogP contribution in [0.15, 0.2) is 42.1 Å². The van der Waals surface area contributed by atoms with E-state index in [0.29, 0.717) is 28.6 Å². The minimum absolute atomic E-state index is 0.0445. The lowest BCUT2D eigenvalue weighted by Gasteiger charge is -2.17. The van der Waals surface area contributed by atoms with Gasteiger partial charge in [0.1, 0.15) is 17.5 Å². The third-order valence-corrected chi connectivity index (χ3v) is 5.39. The molecule has 2 aromatic heterocycles. The first-order valence-corrected chi connectivity index (χ1v) is 10.2. The highest BCUT2D eigenvalue weighted by Gasteiger charge is 2.26. The molecule has 2 fully saturated rings. The summed E-state index contributed by atoms with van der Waals surface area (Å²) >= 11 is 0. The molecule has 3 N–H and O–H groups in total. The minimum atomic E-state index is -0.389. The molecule has 0 spiro atoms. The van der Waals surface area contributed by atoms with Crippen molar-refractivity contribution in [1.82, 2.24) is 19.9 Å². The summed E-state index contributed by atoms with van der Waals surface area (Å²) in [5, 5.41) is 13.5. The number of amides is 2. The molecule has 1 aliphatic carbocycles. The van der Waals surface area contributed by atoms with Crippen molar-refractivity contribution < 1.29 is 14.0 Å². The number of rotatable bonds is 6. The summed E-state index contributed by atoms with van der Waals surface area (Å²) < 4.78 is 15.0. The van der Waals surface area contributed by atoms with Crippen LogP contribution >= 0.6 is 0 Å².